The Kier molecular flexibility index (Phi) is 3.98. The van der Waals surface area contributed by atoms with Gasteiger partial charge in [-0.2, -0.15) is 5.26 Å². The van der Waals surface area contributed by atoms with Crippen LogP contribution in [0.2, 0.25) is 0 Å². The van der Waals surface area contributed by atoms with Crippen LogP contribution in [-0.2, 0) is 13.0 Å². The van der Waals surface area contributed by atoms with Crippen molar-refractivity contribution in [2.24, 2.45) is 5.92 Å². The molecule has 1 saturated carbocycles. The molecule has 1 fully saturated rings. The van der Waals surface area contributed by atoms with Crippen molar-refractivity contribution in [1.29, 1.82) is 5.26 Å². The first-order chi connectivity index (χ1) is 7.85. The summed E-state index contributed by atoms with van der Waals surface area (Å²) in [7, 11) is 0. The van der Waals surface area contributed by atoms with Gasteiger partial charge in [0.15, 0.2) is 0 Å². The fraction of sp³-hybridized carbons (Fsp3) is 0.615. The maximum absolute atomic E-state index is 9.01. The minimum atomic E-state index is 0.227. The molecule has 2 rings (SSSR count). The van der Waals surface area contributed by atoms with Crippen LogP contribution in [0.3, 0.4) is 0 Å². The van der Waals surface area contributed by atoms with Gasteiger partial charge in [0.25, 0.3) is 0 Å². The molecule has 1 N–H and O–H groups in total. The Morgan fingerprint density at radius 1 is 1.56 bits per heavy atom. The lowest BCUT2D eigenvalue weighted by Gasteiger charge is -2.15. The molecule has 2 nitrogen and oxygen atoms in total. The largest absolute Gasteiger partial charge is 0.308 e. The molecule has 1 aliphatic carbocycles. The van der Waals surface area contributed by atoms with Crippen LogP contribution >= 0.6 is 11.3 Å². The summed E-state index contributed by atoms with van der Waals surface area (Å²) in [5, 5.41) is 14.7. The molecule has 3 heteroatoms. The van der Waals surface area contributed by atoms with Crippen molar-refractivity contribution in [2.45, 2.75) is 45.2 Å². The van der Waals surface area contributed by atoms with E-state index in [0.29, 0.717) is 6.04 Å². The highest BCUT2D eigenvalue weighted by molar-refractivity contribution is 7.10. The van der Waals surface area contributed by atoms with Crippen molar-refractivity contribution in [1.82, 2.24) is 5.32 Å². The van der Waals surface area contributed by atoms with Gasteiger partial charge in [-0.15, -0.1) is 11.3 Å². The second-order valence-corrected chi connectivity index (χ2v) is 5.38. The predicted molar refractivity (Wildman–Crippen MR) is 67.3 cm³/mol. The first kappa shape index (κ1) is 11.6. The number of thiophene rings is 1. The molecule has 2 atom stereocenters. The van der Waals surface area contributed by atoms with E-state index in [4.69, 9.17) is 5.26 Å². The van der Waals surface area contributed by atoms with Gasteiger partial charge in [0.1, 0.15) is 0 Å². The summed E-state index contributed by atoms with van der Waals surface area (Å²) < 4.78 is 0. The van der Waals surface area contributed by atoms with E-state index in [9.17, 15) is 0 Å². The predicted octanol–water partition coefficient (Wildman–Crippen LogP) is 3.09. The van der Waals surface area contributed by atoms with Gasteiger partial charge in [-0.1, -0.05) is 13.3 Å². The Balaban J connectivity index is 1.90. The van der Waals surface area contributed by atoms with Crippen LogP contribution in [0.25, 0.3) is 0 Å². The second kappa shape index (κ2) is 5.47. The van der Waals surface area contributed by atoms with Crippen LogP contribution in [0.15, 0.2) is 11.4 Å². The van der Waals surface area contributed by atoms with E-state index in [1.807, 2.05) is 11.3 Å². The minimum Gasteiger partial charge on any atom is -0.308 e. The standard InChI is InChI=1S/C13H18N2S/c1-2-10-6-7-16-13(10)9-15-12-5-3-4-11(12)8-14/h6-7,11-12,15H,2-5,9H2,1H3. The van der Waals surface area contributed by atoms with Crippen LogP contribution in [0, 0.1) is 17.2 Å². The molecule has 0 saturated heterocycles. The van der Waals surface area contributed by atoms with E-state index in [2.05, 4.69) is 29.8 Å². The van der Waals surface area contributed by atoms with E-state index in [0.717, 1.165) is 25.8 Å². The Morgan fingerprint density at radius 2 is 2.44 bits per heavy atom. The van der Waals surface area contributed by atoms with Crippen LogP contribution in [-0.4, -0.2) is 6.04 Å². The van der Waals surface area contributed by atoms with Crippen LogP contribution < -0.4 is 5.32 Å². The molecule has 0 spiro atoms. The zero-order chi connectivity index (χ0) is 11.4. The molecular weight excluding hydrogens is 216 g/mol. The second-order valence-electron chi connectivity index (χ2n) is 4.38. The van der Waals surface area contributed by atoms with Gasteiger partial charge >= 0.3 is 0 Å². The van der Waals surface area contributed by atoms with Gasteiger partial charge in [-0.25, -0.2) is 0 Å². The summed E-state index contributed by atoms with van der Waals surface area (Å²) >= 11 is 1.82. The van der Waals surface area contributed by atoms with Crippen LogP contribution in [0.4, 0.5) is 0 Å². The van der Waals surface area contributed by atoms with Crippen molar-refractivity contribution < 1.29 is 0 Å². The SMILES string of the molecule is CCc1ccsc1CNC1CCCC1C#N. The highest BCUT2D eigenvalue weighted by Crippen LogP contribution is 2.26. The molecule has 0 amide bonds. The summed E-state index contributed by atoms with van der Waals surface area (Å²) in [5.41, 5.74) is 1.45. The molecular formula is C13H18N2S. The average Bonchev–Trinajstić information content (AvgIpc) is 2.94. The topological polar surface area (TPSA) is 35.8 Å². The van der Waals surface area contributed by atoms with Gasteiger partial charge in [-0.05, 0) is 36.3 Å². The summed E-state index contributed by atoms with van der Waals surface area (Å²) in [4.78, 5) is 1.44. The van der Waals surface area contributed by atoms with E-state index in [1.54, 1.807) is 0 Å². The normalized spacial score (nSPS) is 24.5. The number of nitriles is 1. The number of nitrogens with one attached hydrogen (secondary N) is 1. The Hall–Kier alpha value is -0.850. The Morgan fingerprint density at radius 3 is 3.19 bits per heavy atom. The Labute approximate surface area is 101 Å². The number of aryl methyl sites for hydroxylation is 1. The van der Waals surface area contributed by atoms with E-state index in [-0.39, 0.29) is 5.92 Å². The van der Waals surface area contributed by atoms with Crippen molar-refractivity contribution in [3.05, 3.63) is 21.9 Å². The molecule has 1 aromatic rings. The zero-order valence-electron chi connectivity index (χ0n) is 9.70. The van der Waals surface area contributed by atoms with Crippen molar-refractivity contribution in [3.63, 3.8) is 0 Å². The van der Waals surface area contributed by atoms with Crippen molar-refractivity contribution in [2.75, 3.05) is 0 Å². The third-order valence-electron chi connectivity index (χ3n) is 3.43. The van der Waals surface area contributed by atoms with Crippen molar-refractivity contribution >= 4 is 11.3 Å². The lowest BCUT2D eigenvalue weighted by Crippen LogP contribution is -2.31. The molecule has 2 unspecified atom stereocenters. The quantitative estimate of drug-likeness (QED) is 0.869. The number of hydrogen-bond acceptors (Lipinski definition) is 3. The van der Waals surface area contributed by atoms with E-state index in [1.165, 1.54) is 16.9 Å². The first-order valence-electron chi connectivity index (χ1n) is 6.03. The number of rotatable bonds is 4. The number of nitrogens with zero attached hydrogens (tertiary/aromatic N) is 1. The lowest BCUT2D eigenvalue weighted by atomic mass is 10.1. The minimum absolute atomic E-state index is 0.227. The third-order valence-corrected chi connectivity index (χ3v) is 4.39. The van der Waals surface area contributed by atoms with E-state index < -0.39 is 0 Å². The highest BCUT2D eigenvalue weighted by Gasteiger charge is 2.26. The lowest BCUT2D eigenvalue weighted by molar-refractivity contribution is 0.466. The fourth-order valence-corrected chi connectivity index (χ4v) is 3.35. The highest BCUT2D eigenvalue weighted by atomic mass is 32.1. The summed E-state index contributed by atoms with van der Waals surface area (Å²) in [6.07, 6.45) is 4.53. The maximum atomic E-state index is 9.01. The van der Waals surface area contributed by atoms with Gasteiger partial charge in [-0.3, -0.25) is 0 Å². The molecule has 1 heterocycles. The summed E-state index contributed by atoms with van der Waals surface area (Å²) in [6.45, 7) is 3.13. The van der Waals surface area contributed by atoms with Gasteiger partial charge in [0.05, 0.1) is 12.0 Å². The first-order valence-corrected chi connectivity index (χ1v) is 6.91. The Bertz CT molecular complexity index is 378. The van der Waals surface area contributed by atoms with Crippen LogP contribution in [0.5, 0.6) is 0 Å². The molecule has 16 heavy (non-hydrogen) atoms. The molecule has 1 aromatic heterocycles. The van der Waals surface area contributed by atoms with E-state index >= 15 is 0 Å². The monoisotopic (exact) mass is 234 g/mol. The van der Waals surface area contributed by atoms with Crippen LogP contribution in [0.1, 0.15) is 36.6 Å². The summed E-state index contributed by atoms with van der Waals surface area (Å²) in [6, 6.07) is 5.03. The van der Waals surface area contributed by atoms with Gasteiger partial charge in [0, 0.05) is 17.5 Å². The molecule has 0 aromatic carbocycles. The molecule has 0 aliphatic heterocycles. The summed E-state index contributed by atoms with van der Waals surface area (Å²) in [5.74, 6) is 0.227. The van der Waals surface area contributed by atoms with Crippen molar-refractivity contribution in [3.8, 4) is 6.07 Å². The van der Waals surface area contributed by atoms with Gasteiger partial charge < -0.3 is 5.32 Å². The molecule has 1 aliphatic rings. The molecule has 86 valence electrons. The fourth-order valence-electron chi connectivity index (χ4n) is 2.42. The third kappa shape index (κ3) is 2.45. The molecule has 0 radical (unpaired) electrons. The van der Waals surface area contributed by atoms with Gasteiger partial charge in [0.2, 0.25) is 0 Å². The number of hydrogen-bond donors (Lipinski definition) is 1. The average molecular weight is 234 g/mol. The molecule has 0 bridgehead atoms. The zero-order valence-corrected chi connectivity index (χ0v) is 10.5. The smallest absolute Gasteiger partial charge is 0.0672 e. The maximum Gasteiger partial charge on any atom is 0.0672 e.